The molecule has 5 nitrogen and oxygen atoms in total. The molecule has 0 aliphatic carbocycles. The van der Waals surface area contributed by atoms with Gasteiger partial charge in [0.25, 0.3) is 0 Å². The van der Waals surface area contributed by atoms with Gasteiger partial charge in [-0.15, -0.1) is 0 Å². The Balaban J connectivity index is 1.36. The third-order valence-corrected chi connectivity index (χ3v) is 6.55. The van der Waals surface area contributed by atoms with Gasteiger partial charge in [-0.1, -0.05) is 25.3 Å². The molecule has 1 amide bonds. The van der Waals surface area contributed by atoms with Crippen molar-refractivity contribution >= 4 is 5.91 Å². The third-order valence-electron chi connectivity index (χ3n) is 6.55. The SMILES string of the molecule is O=C(CN1CCCCCCC1)N1C[C@H]2CC[C@@H]1CN(Cc1cccnc1)C2. The van der Waals surface area contributed by atoms with Crippen LogP contribution in [0.15, 0.2) is 24.5 Å². The van der Waals surface area contributed by atoms with Gasteiger partial charge in [-0.05, 0) is 56.3 Å². The predicted octanol–water partition coefficient (Wildman–Crippen LogP) is 2.77. The number of piperidine rings is 1. The van der Waals surface area contributed by atoms with E-state index in [2.05, 4.69) is 25.8 Å². The summed E-state index contributed by atoms with van der Waals surface area (Å²) in [4.78, 5) is 24.6. The summed E-state index contributed by atoms with van der Waals surface area (Å²) in [5.74, 6) is 0.991. The Morgan fingerprint density at radius 2 is 1.81 bits per heavy atom. The molecule has 1 aromatic heterocycles. The summed E-state index contributed by atoms with van der Waals surface area (Å²) < 4.78 is 0. The van der Waals surface area contributed by atoms with Crippen LogP contribution < -0.4 is 0 Å². The van der Waals surface area contributed by atoms with Crippen molar-refractivity contribution in [1.82, 2.24) is 19.7 Å². The normalized spacial score (nSPS) is 27.8. The highest BCUT2D eigenvalue weighted by atomic mass is 16.2. The Hall–Kier alpha value is -1.46. The number of carbonyl (C=O) groups is 1. The summed E-state index contributed by atoms with van der Waals surface area (Å²) in [7, 11) is 0. The Bertz CT molecular complexity index is 600. The van der Waals surface area contributed by atoms with E-state index in [-0.39, 0.29) is 0 Å². The molecule has 0 aromatic carbocycles. The molecule has 27 heavy (non-hydrogen) atoms. The van der Waals surface area contributed by atoms with Crippen LogP contribution in [-0.2, 0) is 11.3 Å². The number of nitrogens with zero attached hydrogens (tertiary/aromatic N) is 4. The highest BCUT2D eigenvalue weighted by Crippen LogP contribution is 2.29. The summed E-state index contributed by atoms with van der Waals surface area (Å²) in [5, 5.41) is 0. The number of rotatable bonds is 4. The number of pyridine rings is 1. The Labute approximate surface area is 163 Å². The van der Waals surface area contributed by atoms with Crippen LogP contribution in [0.5, 0.6) is 0 Å². The average molecular weight is 371 g/mol. The molecule has 4 saturated heterocycles. The molecule has 148 valence electrons. The van der Waals surface area contributed by atoms with Gasteiger partial charge in [0.1, 0.15) is 0 Å². The maximum atomic E-state index is 13.1. The zero-order valence-corrected chi connectivity index (χ0v) is 16.6. The van der Waals surface area contributed by atoms with Crippen LogP contribution in [0.1, 0.15) is 50.5 Å². The average Bonchev–Trinajstić information content (AvgIpc) is 2.95. The zero-order chi connectivity index (χ0) is 18.5. The van der Waals surface area contributed by atoms with E-state index in [4.69, 9.17) is 0 Å². The lowest BCUT2D eigenvalue weighted by atomic mass is 9.95. The Morgan fingerprint density at radius 3 is 2.59 bits per heavy atom. The van der Waals surface area contributed by atoms with Gasteiger partial charge in [0.2, 0.25) is 5.91 Å². The predicted molar refractivity (Wildman–Crippen MR) is 107 cm³/mol. The fourth-order valence-electron chi connectivity index (χ4n) is 5.12. The van der Waals surface area contributed by atoms with Crippen molar-refractivity contribution in [3.8, 4) is 0 Å². The first-order chi connectivity index (χ1) is 13.3. The first-order valence-corrected chi connectivity index (χ1v) is 10.9. The molecule has 5 heteroatoms. The Kier molecular flexibility index (Phi) is 6.40. The van der Waals surface area contributed by atoms with E-state index in [0.717, 1.165) is 39.3 Å². The molecule has 4 aliphatic rings. The number of amides is 1. The third kappa shape index (κ3) is 5.08. The van der Waals surface area contributed by atoms with E-state index in [0.29, 0.717) is 24.4 Å². The van der Waals surface area contributed by atoms with Gasteiger partial charge in [-0.3, -0.25) is 19.6 Å². The highest BCUT2D eigenvalue weighted by molar-refractivity contribution is 5.78. The van der Waals surface area contributed by atoms with Crippen molar-refractivity contribution in [2.75, 3.05) is 39.3 Å². The number of likely N-dealkylation sites (tertiary alicyclic amines) is 1. The molecule has 4 fully saturated rings. The second kappa shape index (κ2) is 9.16. The maximum absolute atomic E-state index is 13.1. The van der Waals surface area contributed by atoms with Crippen molar-refractivity contribution < 1.29 is 4.79 Å². The summed E-state index contributed by atoms with van der Waals surface area (Å²) in [6, 6.07) is 4.56. The van der Waals surface area contributed by atoms with Gasteiger partial charge >= 0.3 is 0 Å². The van der Waals surface area contributed by atoms with Crippen molar-refractivity contribution in [3.63, 3.8) is 0 Å². The van der Waals surface area contributed by atoms with Crippen LogP contribution in [0.4, 0.5) is 0 Å². The van der Waals surface area contributed by atoms with E-state index in [9.17, 15) is 4.79 Å². The largest absolute Gasteiger partial charge is 0.337 e. The van der Waals surface area contributed by atoms with E-state index >= 15 is 0 Å². The number of hydrogen-bond donors (Lipinski definition) is 0. The van der Waals surface area contributed by atoms with Crippen molar-refractivity contribution in [2.45, 2.75) is 57.5 Å². The first kappa shape index (κ1) is 18.9. The van der Waals surface area contributed by atoms with Gasteiger partial charge in [0.05, 0.1) is 6.54 Å². The second-order valence-corrected chi connectivity index (χ2v) is 8.74. The van der Waals surface area contributed by atoms with Gasteiger partial charge < -0.3 is 4.90 Å². The lowest BCUT2D eigenvalue weighted by molar-refractivity contribution is -0.136. The van der Waals surface area contributed by atoms with Crippen LogP contribution in [0.3, 0.4) is 0 Å². The van der Waals surface area contributed by atoms with Crippen LogP contribution in [0.25, 0.3) is 0 Å². The van der Waals surface area contributed by atoms with Crippen molar-refractivity contribution in [3.05, 3.63) is 30.1 Å². The van der Waals surface area contributed by atoms with Gasteiger partial charge in [-0.25, -0.2) is 0 Å². The van der Waals surface area contributed by atoms with Crippen LogP contribution >= 0.6 is 0 Å². The fraction of sp³-hybridized carbons (Fsp3) is 0.727. The number of carbonyl (C=O) groups excluding carboxylic acids is 1. The summed E-state index contributed by atoms with van der Waals surface area (Å²) in [5.41, 5.74) is 1.28. The van der Waals surface area contributed by atoms with E-state index in [1.807, 2.05) is 18.5 Å². The summed E-state index contributed by atoms with van der Waals surface area (Å²) in [6.45, 7) is 6.86. The molecule has 0 saturated carbocycles. The molecule has 2 atom stereocenters. The van der Waals surface area contributed by atoms with Crippen LogP contribution in [0.2, 0.25) is 0 Å². The number of aromatic nitrogens is 1. The van der Waals surface area contributed by atoms with E-state index < -0.39 is 0 Å². The second-order valence-electron chi connectivity index (χ2n) is 8.74. The zero-order valence-electron chi connectivity index (χ0n) is 16.6. The molecular formula is C22H34N4O. The molecule has 2 bridgehead atoms. The lowest BCUT2D eigenvalue weighted by Gasteiger charge is -2.37. The molecule has 0 radical (unpaired) electrons. The molecule has 0 N–H and O–H groups in total. The molecule has 0 spiro atoms. The van der Waals surface area contributed by atoms with Gasteiger partial charge in [-0.2, -0.15) is 0 Å². The van der Waals surface area contributed by atoms with Gasteiger partial charge in [0.15, 0.2) is 0 Å². The Morgan fingerprint density at radius 1 is 1.00 bits per heavy atom. The maximum Gasteiger partial charge on any atom is 0.237 e. The summed E-state index contributed by atoms with van der Waals surface area (Å²) in [6.07, 6.45) is 12.7. The fourth-order valence-corrected chi connectivity index (χ4v) is 5.12. The molecule has 0 unspecified atom stereocenters. The molecule has 5 rings (SSSR count). The minimum Gasteiger partial charge on any atom is -0.337 e. The quantitative estimate of drug-likeness (QED) is 0.817. The topological polar surface area (TPSA) is 39.7 Å². The highest BCUT2D eigenvalue weighted by Gasteiger charge is 2.37. The summed E-state index contributed by atoms with van der Waals surface area (Å²) >= 11 is 0. The van der Waals surface area contributed by atoms with Crippen molar-refractivity contribution in [2.24, 2.45) is 5.92 Å². The molecular weight excluding hydrogens is 336 g/mol. The van der Waals surface area contributed by atoms with Crippen molar-refractivity contribution in [1.29, 1.82) is 0 Å². The van der Waals surface area contributed by atoms with E-state index in [1.54, 1.807) is 0 Å². The van der Waals surface area contributed by atoms with Gasteiger partial charge in [0, 0.05) is 44.6 Å². The minimum atomic E-state index is 0.369. The number of fused-ring (bicyclic) bond motifs is 4. The lowest BCUT2D eigenvalue weighted by Crippen LogP contribution is -2.51. The minimum absolute atomic E-state index is 0.369. The molecule has 5 heterocycles. The van der Waals surface area contributed by atoms with Crippen LogP contribution in [-0.4, -0.2) is 70.9 Å². The molecule has 1 aromatic rings. The van der Waals surface area contributed by atoms with Crippen LogP contribution in [0, 0.1) is 5.92 Å². The standard InChI is InChI=1S/C22H34N4O/c27-22(18-24-11-4-2-1-3-5-12-24)26-16-20-8-9-21(26)17-25(15-20)14-19-7-6-10-23-13-19/h6-7,10,13,20-21H,1-5,8-9,11-12,14-18H2/t20-,21+/m0/s1. The monoisotopic (exact) mass is 370 g/mol. The van der Waals surface area contributed by atoms with E-state index in [1.165, 1.54) is 50.5 Å². The number of hydrogen-bond acceptors (Lipinski definition) is 4. The molecule has 4 aliphatic heterocycles. The smallest absolute Gasteiger partial charge is 0.237 e. The first-order valence-electron chi connectivity index (χ1n) is 10.9.